The quantitative estimate of drug-likeness (QED) is 0.271. The second-order valence-corrected chi connectivity index (χ2v) is 7.05. The molecule has 3 rings (SSSR count). The highest BCUT2D eigenvalue weighted by Gasteiger charge is 2.15. The lowest BCUT2D eigenvalue weighted by Gasteiger charge is -2.07. The summed E-state index contributed by atoms with van der Waals surface area (Å²) in [7, 11) is 0. The van der Waals surface area contributed by atoms with Crippen molar-refractivity contribution in [3.05, 3.63) is 104 Å². The van der Waals surface area contributed by atoms with Gasteiger partial charge in [0.2, 0.25) is 5.91 Å². The molecule has 0 unspecified atom stereocenters. The normalized spacial score (nSPS) is 10.7. The first-order chi connectivity index (χ1) is 14.4. The molecule has 0 saturated heterocycles. The van der Waals surface area contributed by atoms with Crippen molar-refractivity contribution in [2.75, 3.05) is 5.32 Å². The highest BCUT2D eigenvalue weighted by molar-refractivity contribution is 6.36. The number of hydrogen-bond donors (Lipinski definition) is 1. The van der Waals surface area contributed by atoms with Gasteiger partial charge in [-0.1, -0.05) is 59.6 Å². The molecule has 0 spiro atoms. The van der Waals surface area contributed by atoms with Crippen molar-refractivity contribution < 1.29 is 14.5 Å². The Hall–Kier alpha value is -3.35. The van der Waals surface area contributed by atoms with E-state index in [0.717, 1.165) is 5.56 Å². The van der Waals surface area contributed by atoms with Crippen molar-refractivity contribution >= 4 is 46.6 Å². The summed E-state index contributed by atoms with van der Waals surface area (Å²) in [5, 5.41) is 14.8. The number of nitrogens with one attached hydrogen (secondary N) is 1. The van der Waals surface area contributed by atoms with E-state index in [1.165, 1.54) is 30.4 Å². The molecular formula is C22H16Cl2N2O4. The predicted octanol–water partition coefficient (Wildman–Crippen LogP) is 6.13. The van der Waals surface area contributed by atoms with Gasteiger partial charge in [-0.25, -0.2) is 0 Å². The minimum atomic E-state index is -0.523. The fourth-order valence-corrected chi connectivity index (χ4v) is 3.03. The highest BCUT2D eigenvalue weighted by Crippen LogP contribution is 2.29. The maximum absolute atomic E-state index is 12.1. The Morgan fingerprint density at radius 3 is 2.53 bits per heavy atom. The number of amides is 1. The van der Waals surface area contributed by atoms with Crippen LogP contribution >= 0.6 is 23.2 Å². The fraction of sp³-hybridized carbons (Fsp3) is 0.0455. The summed E-state index contributed by atoms with van der Waals surface area (Å²) in [5.41, 5.74) is 1.60. The van der Waals surface area contributed by atoms with Crippen LogP contribution in [0.2, 0.25) is 10.0 Å². The summed E-state index contributed by atoms with van der Waals surface area (Å²) in [6, 6.07) is 18.5. The number of nitro benzene ring substituents is 1. The van der Waals surface area contributed by atoms with E-state index in [4.69, 9.17) is 27.9 Å². The maximum Gasteiger partial charge on any atom is 0.311 e. The van der Waals surface area contributed by atoms with Crippen LogP contribution in [-0.2, 0) is 11.4 Å². The van der Waals surface area contributed by atoms with Gasteiger partial charge in [-0.15, -0.1) is 0 Å². The van der Waals surface area contributed by atoms with Crippen molar-refractivity contribution in [2.24, 2.45) is 0 Å². The molecule has 1 amide bonds. The van der Waals surface area contributed by atoms with Gasteiger partial charge in [0.15, 0.2) is 5.75 Å². The van der Waals surface area contributed by atoms with Crippen molar-refractivity contribution in [2.45, 2.75) is 6.61 Å². The number of nitro groups is 1. The molecule has 6 nitrogen and oxygen atoms in total. The average molecular weight is 443 g/mol. The number of benzene rings is 3. The van der Waals surface area contributed by atoms with E-state index in [-0.39, 0.29) is 18.0 Å². The molecule has 0 aliphatic rings. The first-order valence-corrected chi connectivity index (χ1v) is 9.57. The van der Waals surface area contributed by atoms with E-state index >= 15 is 0 Å². The number of halogens is 2. The van der Waals surface area contributed by atoms with Crippen LogP contribution in [0.5, 0.6) is 5.75 Å². The molecule has 0 bridgehead atoms. The molecule has 0 aliphatic heterocycles. The average Bonchev–Trinajstić information content (AvgIpc) is 2.73. The molecule has 0 radical (unpaired) electrons. The van der Waals surface area contributed by atoms with E-state index in [9.17, 15) is 14.9 Å². The van der Waals surface area contributed by atoms with E-state index < -0.39 is 10.8 Å². The third-order valence-electron chi connectivity index (χ3n) is 4.03. The molecule has 0 heterocycles. The molecule has 3 aromatic carbocycles. The first-order valence-electron chi connectivity index (χ1n) is 8.81. The second kappa shape index (κ2) is 9.91. The third kappa shape index (κ3) is 5.83. The van der Waals surface area contributed by atoms with E-state index in [0.29, 0.717) is 21.3 Å². The van der Waals surface area contributed by atoms with Gasteiger partial charge in [0.05, 0.1) is 15.6 Å². The Bertz CT molecular complexity index is 1100. The zero-order valence-corrected chi connectivity index (χ0v) is 17.1. The lowest BCUT2D eigenvalue weighted by atomic mass is 10.1. The molecule has 152 valence electrons. The molecule has 1 N–H and O–H groups in total. The number of carbonyl (C=O) groups excluding carboxylic acids is 1. The van der Waals surface area contributed by atoms with Crippen LogP contribution in [0.3, 0.4) is 0 Å². The minimum absolute atomic E-state index is 0.151. The molecule has 30 heavy (non-hydrogen) atoms. The highest BCUT2D eigenvalue weighted by atomic mass is 35.5. The monoisotopic (exact) mass is 442 g/mol. The number of anilines is 1. The Morgan fingerprint density at radius 1 is 1.07 bits per heavy atom. The topological polar surface area (TPSA) is 81.5 Å². The van der Waals surface area contributed by atoms with Gasteiger partial charge in [0.1, 0.15) is 6.61 Å². The SMILES string of the molecule is O=C(C=Cc1ccc(OCc2ccccc2)c([N+](=O)[O-])c1)Nc1ccc(Cl)cc1Cl. The standard InChI is InChI=1S/C22H16Cl2N2O4/c23-17-8-9-19(18(24)13-17)25-22(27)11-7-15-6-10-21(20(12-15)26(28)29)30-14-16-4-2-1-3-5-16/h1-13H,14H2,(H,25,27). The lowest BCUT2D eigenvalue weighted by Crippen LogP contribution is -2.08. The van der Waals surface area contributed by atoms with Crippen LogP contribution in [0.1, 0.15) is 11.1 Å². The number of hydrogen-bond acceptors (Lipinski definition) is 4. The van der Waals surface area contributed by atoms with Crippen molar-refractivity contribution in [1.82, 2.24) is 0 Å². The third-order valence-corrected chi connectivity index (χ3v) is 4.58. The molecule has 0 aliphatic carbocycles. The predicted molar refractivity (Wildman–Crippen MR) is 118 cm³/mol. The zero-order chi connectivity index (χ0) is 21.5. The van der Waals surface area contributed by atoms with Gasteiger partial charge in [-0.3, -0.25) is 14.9 Å². The summed E-state index contributed by atoms with van der Waals surface area (Å²) >= 11 is 11.9. The van der Waals surface area contributed by atoms with Crippen LogP contribution in [0.4, 0.5) is 11.4 Å². The molecule has 0 atom stereocenters. The van der Waals surface area contributed by atoms with Crippen molar-refractivity contribution in [1.29, 1.82) is 0 Å². The molecule has 0 saturated carbocycles. The number of rotatable bonds is 7. The van der Waals surface area contributed by atoms with Gasteiger partial charge in [0, 0.05) is 17.2 Å². The van der Waals surface area contributed by atoms with Crippen LogP contribution in [-0.4, -0.2) is 10.8 Å². The molecule has 0 fully saturated rings. The molecular weight excluding hydrogens is 427 g/mol. The number of nitrogens with zero attached hydrogens (tertiary/aromatic N) is 1. The Morgan fingerprint density at radius 2 is 1.83 bits per heavy atom. The van der Waals surface area contributed by atoms with Gasteiger partial charge in [-0.05, 0) is 41.5 Å². The molecule has 0 aromatic heterocycles. The molecule has 8 heteroatoms. The van der Waals surface area contributed by atoms with Crippen LogP contribution in [0.25, 0.3) is 6.08 Å². The fourth-order valence-electron chi connectivity index (χ4n) is 2.58. The zero-order valence-electron chi connectivity index (χ0n) is 15.5. The Kier molecular flexibility index (Phi) is 7.06. The van der Waals surface area contributed by atoms with E-state index in [1.807, 2.05) is 30.3 Å². The van der Waals surface area contributed by atoms with Crippen molar-refractivity contribution in [3.8, 4) is 5.75 Å². The van der Waals surface area contributed by atoms with E-state index in [2.05, 4.69) is 5.32 Å². The Labute approximate surface area is 182 Å². The van der Waals surface area contributed by atoms with Gasteiger partial charge < -0.3 is 10.1 Å². The Balaban J connectivity index is 1.70. The lowest BCUT2D eigenvalue weighted by molar-refractivity contribution is -0.386. The second-order valence-electron chi connectivity index (χ2n) is 6.21. The molecule has 3 aromatic rings. The largest absolute Gasteiger partial charge is 0.482 e. The summed E-state index contributed by atoms with van der Waals surface area (Å²) in [6.45, 7) is 0.209. The van der Waals surface area contributed by atoms with Crippen molar-refractivity contribution in [3.63, 3.8) is 0 Å². The minimum Gasteiger partial charge on any atom is -0.482 e. The van der Waals surface area contributed by atoms with Crippen LogP contribution < -0.4 is 10.1 Å². The van der Waals surface area contributed by atoms with Gasteiger partial charge in [-0.2, -0.15) is 0 Å². The number of carbonyl (C=O) groups is 1. The first kappa shape index (κ1) is 21.4. The summed E-state index contributed by atoms with van der Waals surface area (Å²) in [6.07, 6.45) is 2.72. The van der Waals surface area contributed by atoms with Crippen LogP contribution in [0.15, 0.2) is 72.8 Å². The van der Waals surface area contributed by atoms with Gasteiger partial charge in [0.25, 0.3) is 0 Å². The summed E-state index contributed by atoms with van der Waals surface area (Å²) < 4.78 is 5.60. The van der Waals surface area contributed by atoms with Crippen LogP contribution in [0, 0.1) is 10.1 Å². The van der Waals surface area contributed by atoms with Gasteiger partial charge >= 0.3 is 5.69 Å². The van der Waals surface area contributed by atoms with E-state index in [1.54, 1.807) is 18.2 Å². The number of ether oxygens (including phenoxy) is 1. The summed E-state index contributed by atoms with van der Waals surface area (Å²) in [5.74, 6) is -0.287. The smallest absolute Gasteiger partial charge is 0.311 e. The summed E-state index contributed by atoms with van der Waals surface area (Å²) in [4.78, 5) is 23.0. The maximum atomic E-state index is 12.1.